The smallest absolute Gasteiger partial charge is 0.254 e. The number of hydrogen-bond acceptors (Lipinski definition) is 6. The first-order valence-corrected chi connectivity index (χ1v) is 13.1. The number of carbonyl (C=O) groups excluding carboxylic acids is 2. The highest BCUT2D eigenvalue weighted by Gasteiger charge is 2.24. The molecule has 37 heavy (non-hydrogen) atoms. The third kappa shape index (κ3) is 7.08. The van der Waals surface area contributed by atoms with Crippen molar-refractivity contribution in [1.82, 2.24) is 9.80 Å². The number of amides is 2. The molecule has 0 saturated carbocycles. The normalized spacial score (nSPS) is 12.0. The summed E-state index contributed by atoms with van der Waals surface area (Å²) >= 11 is 1.60. The molecule has 1 aliphatic heterocycles. The fraction of sp³-hybridized carbons (Fsp3) is 0.357. The second-order valence-corrected chi connectivity index (χ2v) is 9.75. The Morgan fingerprint density at radius 2 is 1.81 bits per heavy atom. The largest absolute Gasteiger partial charge is 0.454 e. The van der Waals surface area contributed by atoms with Gasteiger partial charge in [0.2, 0.25) is 12.7 Å². The van der Waals surface area contributed by atoms with Crippen molar-refractivity contribution in [2.45, 2.75) is 33.4 Å². The standard InChI is InChI=1S/C28H31FN2O5S/c1-3-34-13-4-12-30(28(33)22-6-8-23(29)9-7-22)18-27(32)31(17-26-20(2)11-14-37-26)16-21-5-10-24-25(15-21)36-19-35-24/h5-11,14-15H,3-4,12-13,16-19H2,1-2H3. The lowest BCUT2D eigenvalue weighted by Crippen LogP contribution is -2.43. The molecule has 4 rings (SSSR count). The fourth-order valence-electron chi connectivity index (χ4n) is 4.02. The van der Waals surface area contributed by atoms with Crippen LogP contribution in [0.4, 0.5) is 4.39 Å². The van der Waals surface area contributed by atoms with Gasteiger partial charge in [-0.1, -0.05) is 6.07 Å². The minimum atomic E-state index is -0.420. The summed E-state index contributed by atoms with van der Waals surface area (Å²) in [6, 6.07) is 13.0. The zero-order valence-electron chi connectivity index (χ0n) is 21.1. The zero-order chi connectivity index (χ0) is 26.2. The van der Waals surface area contributed by atoms with Crippen molar-refractivity contribution in [3.63, 3.8) is 0 Å². The quantitative estimate of drug-likeness (QED) is 0.310. The van der Waals surface area contributed by atoms with Crippen LogP contribution in [0.1, 0.15) is 39.7 Å². The second kappa shape index (κ2) is 12.7. The van der Waals surface area contributed by atoms with E-state index in [4.69, 9.17) is 14.2 Å². The molecule has 0 spiro atoms. The third-order valence-corrected chi connectivity index (χ3v) is 7.10. The molecule has 2 heterocycles. The molecule has 3 aromatic rings. The Labute approximate surface area is 220 Å². The molecule has 0 unspecified atom stereocenters. The van der Waals surface area contributed by atoms with E-state index < -0.39 is 5.82 Å². The SMILES string of the molecule is CCOCCCN(CC(=O)N(Cc1ccc2c(c1)OCO2)Cc1sccc1C)C(=O)c1ccc(F)cc1. The van der Waals surface area contributed by atoms with Crippen LogP contribution in [0.5, 0.6) is 11.5 Å². The Bertz CT molecular complexity index is 1210. The average molecular weight is 527 g/mol. The van der Waals surface area contributed by atoms with Gasteiger partial charge in [0.25, 0.3) is 5.91 Å². The van der Waals surface area contributed by atoms with E-state index in [2.05, 4.69) is 0 Å². The van der Waals surface area contributed by atoms with Crippen LogP contribution >= 0.6 is 11.3 Å². The monoisotopic (exact) mass is 526 g/mol. The molecule has 1 aliphatic rings. The van der Waals surface area contributed by atoms with Crippen LogP contribution in [-0.4, -0.2) is 54.7 Å². The highest BCUT2D eigenvalue weighted by molar-refractivity contribution is 7.10. The first-order chi connectivity index (χ1) is 17.9. The number of carbonyl (C=O) groups is 2. The summed E-state index contributed by atoms with van der Waals surface area (Å²) < 4.78 is 29.8. The summed E-state index contributed by atoms with van der Waals surface area (Å²) in [5, 5.41) is 2.01. The summed E-state index contributed by atoms with van der Waals surface area (Å²) in [7, 11) is 0. The Morgan fingerprint density at radius 1 is 1.03 bits per heavy atom. The van der Waals surface area contributed by atoms with Crippen molar-refractivity contribution < 1.29 is 28.2 Å². The second-order valence-electron chi connectivity index (χ2n) is 8.75. The molecule has 196 valence electrons. The molecule has 2 amide bonds. The Hall–Kier alpha value is -3.43. The Kier molecular flexibility index (Phi) is 9.14. The summed E-state index contributed by atoms with van der Waals surface area (Å²) in [6.07, 6.45) is 0.584. The maximum atomic E-state index is 13.7. The molecule has 0 aliphatic carbocycles. The van der Waals surface area contributed by atoms with Gasteiger partial charge in [0.05, 0.1) is 6.54 Å². The van der Waals surface area contributed by atoms with Gasteiger partial charge in [-0.15, -0.1) is 11.3 Å². The predicted molar refractivity (Wildman–Crippen MR) is 139 cm³/mol. The van der Waals surface area contributed by atoms with Gasteiger partial charge in [-0.3, -0.25) is 9.59 Å². The van der Waals surface area contributed by atoms with E-state index in [0.717, 1.165) is 16.0 Å². The number of nitrogens with zero attached hydrogens (tertiary/aromatic N) is 2. The molecule has 0 atom stereocenters. The first-order valence-electron chi connectivity index (χ1n) is 12.3. The molecule has 0 radical (unpaired) electrons. The van der Waals surface area contributed by atoms with Crippen molar-refractivity contribution in [2.75, 3.05) is 33.1 Å². The van der Waals surface area contributed by atoms with Gasteiger partial charge in [-0.2, -0.15) is 0 Å². The zero-order valence-corrected chi connectivity index (χ0v) is 21.9. The maximum absolute atomic E-state index is 13.7. The Balaban J connectivity index is 1.54. The molecular formula is C28H31FN2O5S. The number of fused-ring (bicyclic) bond motifs is 1. The predicted octanol–water partition coefficient (Wildman–Crippen LogP) is 5.02. The van der Waals surface area contributed by atoms with Crippen molar-refractivity contribution in [1.29, 1.82) is 0 Å². The molecule has 0 saturated heterocycles. The molecule has 1 aromatic heterocycles. The fourth-order valence-corrected chi connectivity index (χ4v) is 4.94. The molecule has 0 fully saturated rings. The van der Waals surface area contributed by atoms with E-state index in [1.807, 2.05) is 43.5 Å². The highest BCUT2D eigenvalue weighted by Crippen LogP contribution is 2.33. The van der Waals surface area contributed by atoms with E-state index in [9.17, 15) is 14.0 Å². The van der Waals surface area contributed by atoms with Gasteiger partial charge >= 0.3 is 0 Å². The Morgan fingerprint density at radius 3 is 2.54 bits per heavy atom. The summed E-state index contributed by atoms with van der Waals surface area (Å²) in [5.74, 6) is 0.414. The van der Waals surface area contributed by atoms with Crippen molar-refractivity contribution in [3.8, 4) is 11.5 Å². The van der Waals surface area contributed by atoms with Crippen LogP contribution in [-0.2, 0) is 22.6 Å². The first kappa shape index (κ1) is 26.6. The topological polar surface area (TPSA) is 68.3 Å². The minimum Gasteiger partial charge on any atom is -0.454 e. The van der Waals surface area contributed by atoms with E-state index >= 15 is 0 Å². The number of ether oxygens (including phenoxy) is 3. The van der Waals surface area contributed by atoms with Gasteiger partial charge in [0, 0.05) is 36.7 Å². The summed E-state index contributed by atoms with van der Waals surface area (Å²) in [5.41, 5.74) is 2.35. The van der Waals surface area contributed by atoms with E-state index in [1.165, 1.54) is 29.2 Å². The van der Waals surface area contributed by atoms with Crippen LogP contribution < -0.4 is 9.47 Å². The summed E-state index contributed by atoms with van der Waals surface area (Å²) in [6.45, 7) is 6.19. The van der Waals surface area contributed by atoms with Gasteiger partial charge in [0.1, 0.15) is 12.4 Å². The van der Waals surface area contributed by atoms with Gasteiger partial charge in [-0.25, -0.2) is 4.39 Å². The lowest BCUT2D eigenvalue weighted by molar-refractivity contribution is -0.133. The number of halogens is 1. The van der Waals surface area contributed by atoms with Crippen LogP contribution in [0.25, 0.3) is 0 Å². The van der Waals surface area contributed by atoms with Crippen molar-refractivity contribution in [2.24, 2.45) is 0 Å². The maximum Gasteiger partial charge on any atom is 0.254 e. The molecule has 7 nitrogen and oxygen atoms in total. The lowest BCUT2D eigenvalue weighted by atomic mass is 10.1. The number of aryl methyl sites for hydroxylation is 1. The van der Waals surface area contributed by atoms with E-state index in [0.29, 0.717) is 56.3 Å². The third-order valence-electron chi connectivity index (χ3n) is 6.09. The van der Waals surface area contributed by atoms with Crippen LogP contribution in [0.3, 0.4) is 0 Å². The van der Waals surface area contributed by atoms with Gasteiger partial charge < -0.3 is 24.0 Å². The minimum absolute atomic E-state index is 0.0999. The average Bonchev–Trinajstić information content (AvgIpc) is 3.53. The molecule has 0 N–H and O–H groups in total. The number of hydrogen-bond donors (Lipinski definition) is 0. The van der Waals surface area contributed by atoms with Crippen LogP contribution in [0, 0.1) is 12.7 Å². The van der Waals surface area contributed by atoms with Crippen molar-refractivity contribution >= 4 is 23.2 Å². The number of thiophene rings is 1. The molecular weight excluding hydrogens is 495 g/mol. The lowest BCUT2D eigenvalue weighted by Gasteiger charge is -2.28. The molecule has 2 aromatic carbocycles. The summed E-state index contributed by atoms with van der Waals surface area (Å²) in [4.78, 5) is 31.4. The molecule has 9 heteroatoms. The van der Waals surface area contributed by atoms with E-state index in [1.54, 1.807) is 16.2 Å². The molecule has 0 bridgehead atoms. The van der Waals surface area contributed by atoms with Gasteiger partial charge in [-0.05, 0) is 79.2 Å². The number of benzene rings is 2. The van der Waals surface area contributed by atoms with Gasteiger partial charge in [0.15, 0.2) is 11.5 Å². The van der Waals surface area contributed by atoms with Crippen LogP contribution in [0.15, 0.2) is 53.9 Å². The van der Waals surface area contributed by atoms with Crippen LogP contribution in [0.2, 0.25) is 0 Å². The number of rotatable bonds is 12. The van der Waals surface area contributed by atoms with E-state index in [-0.39, 0.29) is 25.2 Å². The highest BCUT2D eigenvalue weighted by atomic mass is 32.1. The van der Waals surface area contributed by atoms with Crippen molar-refractivity contribution in [3.05, 3.63) is 81.3 Å².